The van der Waals surface area contributed by atoms with Crippen LogP contribution in [0.4, 0.5) is 4.79 Å². The molecule has 5 nitrogen and oxygen atoms in total. The third kappa shape index (κ3) is 3.87. The normalized spacial score (nSPS) is 30.1. The van der Waals surface area contributed by atoms with Crippen molar-refractivity contribution in [3.8, 4) is 0 Å². The number of aliphatic carboxylic acids is 1. The van der Waals surface area contributed by atoms with Crippen molar-refractivity contribution >= 4 is 12.1 Å². The first-order valence-corrected chi connectivity index (χ1v) is 7.46. The molecule has 5 heteroatoms. The van der Waals surface area contributed by atoms with Crippen molar-refractivity contribution in [1.29, 1.82) is 0 Å². The van der Waals surface area contributed by atoms with Gasteiger partial charge in [-0.2, -0.15) is 0 Å². The zero-order chi connectivity index (χ0) is 14.9. The molecule has 2 aliphatic rings. The predicted octanol–water partition coefficient (Wildman–Crippen LogP) is 2.79. The van der Waals surface area contributed by atoms with E-state index in [4.69, 9.17) is 9.84 Å². The molecule has 20 heavy (non-hydrogen) atoms. The van der Waals surface area contributed by atoms with E-state index >= 15 is 0 Å². The van der Waals surface area contributed by atoms with E-state index in [1.54, 1.807) is 20.8 Å². The van der Waals surface area contributed by atoms with E-state index < -0.39 is 17.7 Å². The summed E-state index contributed by atoms with van der Waals surface area (Å²) in [6.07, 6.45) is 4.13. The van der Waals surface area contributed by atoms with Crippen molar-refractivity contribution in [1.82, 2.24) is 5.32 Å². The first kappa shape index (κ1) is 15.1. The number of hydrogen-bond acceptors (Lipinski definition) is 3. The smallest absolute Gasteiger partial charge is 0.407 e. The molecule has 2 bridgehead atoms. The summed E-state index contributed by atoms with van der Waals surface area (Å²) in [4.78, 5) is 22.9. The van der Waals surface area contributed by atoms with Gasteiger partial charge in [-0.1, -0.05) is 6.42 Å². The monoisotopic (exact) mass is 283 g/mol. The third-order valence-electron chi connectivity index (χ3n) is 4.41. The van der Waals surface area contributed by atoms with Gasteiger partial charge in [-0.05, 0) is 57.8 Å². The standard InChI is InChI=1S/C15H25NO4/c1-15(2,3)20-14(19)16-12(8-13(17)18)11-7-9-4-5-10(11)6-9/h9-12H,4-8H2,1-3H3,(H,16,19)(H,17,18)/t9?,10?,11?,12-/m0/s1. The van der Waals surface area contributed by atoms with Crippen LogP contribution in [-0.4, -0.2) is 28.8 Å². The Morgan fingerprint density at radius 3 is 2.45 bits per heavy atom. The summed E-state index contributed by atoms with van der Waals surface area (Å²) >= 11 is 0. The lowest BCUT2D eigenvalue weighted by molar-refractivity contribution is -0.138. The molecule has 0 aromatic carbocycles. The average molecular weight is 283 g/mol. The molecule has 0 aliphatic heterocycles. The summed E-state index contributed by atoms with van der Waals surface area (Å²) in [5.74, 6) is 0.715. The van der Waals surface area contributed by atoms with E-state index in [2.05, 4.69) is 5.32 Å². The van der Waals surface area contributed by atoms with Gasteiger partial charge in [0.05, 0.1) is 6.42 Å². The van der Waals surface area contributed by atoms with Gasteiger partial charge in [0.1, 0.15) is 5.60 Å². The summed E-state index contributed by atoms with van der Waals surface area (Å²) in [6.45, 7) is 5.41. The quantitative estimate of drug-likeness (QED) is 0.832. The summed E-state index contributed by atoms with van der Waals surface area (Å²) < 4.78 is 5.25. The van der Waals surface area contributed by atoms with Gasteiger partial charge >= 0.3 is 12.1 Å². The van der Waals surface area contributed by atoms with Crippen LogP contribution in [0.5, 0.6) is 0 Å². The number of nitrogens with one attached hydrogen (secondary N) is 1. The molecule has 4 atom stereocenters. The van der Waals surface area contributed by atoms with Crippen molar-refractivity contribution in [2.75, 3.05) is 0 Å². The van der Waals surface area contributed by atoms with E-state index in [1.807, 2.05) is 0 Å². The minimum absolute atomic E-state index is 0.0207. The van der Waals surface area contributed by atoms with E-state index in [-0.39, 0.29) is 18.4 Å². The fraction of sp³-hybridized carbons (Fsp3) is 0.867. The number of hydrogen-bond donors (Lipinski definition) is 2. The number of alkyl carbamates (subject to hydrolysis) is 1. The molecule has 0 saturated heterocycles. The molecule has 0 aromatic heterocycles. The molecule has 0 heterocycles. The molecule has 2 fully saturated rings. The lowest BCUT2D eigenvalue weighted by Crippen LogP contribution is -2.45. The zero-order valence-electron chi connectivity index (χ0n) is 12.5. The van der Waals surface area contributed by atoms with E-state index in [0.29, 0.717) is 5.92 Å². The number of carbonyl (C=O) groups is 2. The van der Waals surface area contributed by atoms with E-state index in [0.717, 1.165) is 12.3 Å². The first-order valence-electron chi connectivity index (χ1n) is 7.46. The number of carboxylic acid groups (broad SMARTS) is 1. The third-order valence-corrected chi connectivity index (χ3v) is 4.41. The van der Waals surface area contributed by atoms with Gasteiger partial charge in [-0.3, -0.25) is 4.79 Å². The second-order valence-corrected chi connectivity index (χ2v) is 7.19. The van der Waals surface area contributed by atoms with Crippen LogP contribution < -0.4 is 5.32 Å². The van der Waals surface area contributed by atoms with Crippen LogP contribution >= 0.6 is 0 Å². The van der Waals surface area contributed by atoms with Crippen molar-refractivity contribution in [3.63, 3.8) is 0 Å². The second kappa shape index (κ2) is 5.62. The maximum absolute atomic E-state index is 11.9. The summed E-state index contributed by atoms with van der Waals surface area (Å²) in [7, 11) is 0. The Bertz CT molecular complexity index is 388. The largest absolute Gasteiger partial charge is 0.481 e. The van der Waals surface area contributed by atoms with Crippen LogP contribution in [-0.2, 0) is 9.53 Å². The minimum atomic E-state index is -0.867. The molecule has 2 saturated carbocycles. The zero-order valence-corrected chi connectivity index (χ0v) is 12.5. The number of rotatable bonds is 4. The summed E-state index contributed by atoms with van der Waals surface area (Å²) in [5, 5.41) is 11.9. The van der Waals surface area contributed by atoms with Gasteiger partial charge in [-0.15, -0.1) is 0 Å². The van der Waals surface area contributed by atoms with E-state index in [9.17, 15) is 9.59 Å². The Labute approximate surface area is 120 Å². The molecule has 0 aromatic rings. The first-order chi connectivity index (χ1) is 9.24. The van der Waals surface area contributed by atoms with Crippen LogP contribution in [0.2, 0.25) is 0 Å². The second-order valence-electron chi connectivity index (χ2n) is 7.19. The Hall–Kier alpha value is -1.26. The molecule has 3 unspecified atom stereocenters. The molecular weight excluding hydrogens is 258 g/mol. The fourth-order valence-corrected chi connectivity index (χ4v) is 3.74. The Kier molecular flexibility index (Phi) is 4.25. The van der Waals surface area contributed by atoms with Crippen LogP contribution in [0.3, 0.4) is 0 Å². The van der Waals surface area contributed by atoms with Crippen LogP contribution in [0.1, 0.15) is 52.9 Å². The Morgan fingerprint density at radius 1 is 1.30 bits per heavy atom. The lowest BCUT2D eigenvalue weighted by atomic mass is 9.82. The minimum Gasteiger partial charge on any atom is -0.481 e. The molecule has 0 radical (unpaired) electrons. The van der Waals surface area contributed by atoms with Crippen LogP contribution in [0.25, 0.3) is 0 Å². The van der Waals surface area contributed by atoms with Gasteiger partial charge in [0.2, 0.25) is 0 Å². The molecule has 114 valence electrons. The number of amides is 1. The van der Waals surface area contributed by atoms with Crippen LogP contribution in [0, 0.1) is 17.8 Å². The number of fused-ring (bicyclic) bond motifs is 2. The molecule has 2 N–H and O–H groups in total. The maximum atomic E-state index is 11.9. The van der Waals surface area contributed by atoms with Gasteiger partial charge in [0, 0.05) is 6.04 Å². The molecule has 0 spiro atoms. The highest BCUT2D eigenvalue weighted by Gasteiger charge is 2.44. The topological polar surface area (TPSA) is 75.6 Å². The number of carbonyl (C=O) groups excluding carboxylic acids is 1. The van der Waals surface area contributed by atoms with Crippen molar-refractivity contribution < 1.29 is 19.4 Å². The van der Waals surface area contributed by atoms with E-state index in [1.165, 1.54) is 19.3 Å². The van der Waals surface area contributed by atoms with Gasteiger partial charge < -0.3 is 15.2 Å². The molecular formula is C15H25NO4. The SMILES string of the molecule is CC(C)(C)OC(=O)N[C@@H](CC(=O)O)C1CC2CCC1C2. The van der Waals surface area contributed by atoms with Crippen molar-refractivity contribution in [2.45, 2.75) is 64.5 Å². The molecule has 2 aliphatic carbocycles. The summed E-state index contributed by atoms with van der Waals surface area (Å²) in [5.41, 5.74) is -0.563. The lowest BCUT2D eigenvalue weighted by Gasteiger charge is -2.31. The maximum Gasteiger partial charge on any atom is 0.407 e. The average Bonchev–Trinajstić information content (AvgIpc) is 2.85. The fourth-order valence-electron chi connectivity index (χ4n) is 3.74. The predicted molar refractivity (Wildman–Crippen MR) is 74.3 cm³/mol. The summed E-state index contributed by atoms with van der Waals surface area (Å²) in [6, 6.07) is -0.308. The van der Waals surface area contributed by atoms with Crippen molar-refractivity contribution in [2.24, 2.45) is 17.8 Å². The Balaban J connectivity index is 1.97. The van der Waals surface area contributed by atoms with Gasteiger partial charge in [0.25, 0.3) is 0 Å². The Morgan fingerprint density at radius 2 is 2.00 bits per heavy atom. The van der Waals surface area contributed by atoms with Gasteiger partial charge in [0.15, 0.2) is 0 Å². The van der Waals surface area contributed by atoms with Crippen molar-refractivity contribution in [3.05, 3.63) is 0 Å². The number of carboxylic acids is 1. The number of ether oxygens (including phenoxy) is 1. The highest BCUT2D eigenvalue weighted by atomic mass is 16.6. The highest BCUT2D eigenvalue weighted by molar-refractivity contribution is 5.71. The molecule has 1 amide bonds. The highest BCUT2D eigenvalue weighted by Crippen LogP contribution is 2.50. The van der Waals surface area contributed by atoms with Gasteiger partial charge in [-0.25, -0.2) is 4.79 Å². The molecule has 2 rings (SSSR count). The van der Waals surface area contributed by atoms with Crippen LogP contribution in [0.15, 0.2) is 0 Å².